The highest BCUT2D eigenvalue weighted by Gasteiger charge is 2.24. The number of para-hydroxylation sites is 1. The van der Waals surface area contributed by atoms with E-state index in [1.807, 2.05) is 78.9 Å². The van der Waals surface area contributed by atoms with E-state index in [2.05, 4.69) is 165 Å². The van der Waals surface area contributed by atoms with Crippen LogP contribution < -0.4 is 4.74 Å². The second-order valence-corrected chi connectivity index (χ2v) is 18.7. The lowest BCUT2D eigenvalue weighted by atomic mass is 9.86. The number of oxazole rings is 1. The van der Waals surface area contributed by atoms with Crippen LogP contribution in [0.4, 0.5) is 0 Å². The number of aromatic nitrogens is 3. The molecule has 1 N–H and O–H groups in total. The topological polar surface area (TPSA) is 73.3 Å². The quantitative estimate of drug-likeness (QED) is 0.156. The van der Waals surface area contributed by atoms with Crippen LogP contribution in [0.2, 0.25) is 0 Å². The van der Waals surface area contributed by atoms with Crippen LogP contribution in [0.5, 0.6) is 17.2 Å². The van der Waals surface area contributed by atoms with Gasteiger partial charge in [0.15, 0.2) is 11.3 Å². The third-order valence-electron chi connectivity index (χ3n) is 13.2. The Morgan fingerprint density at radius 3 is 1.74 bits per heavy atom. The number of rotatable bonds is 9. The fourth-order valence-electron chi connectivity index (χ4n) is 9.60. The number of hydrogen-bond acceptors (Lipinski definition) is 5. The molecule has 336 valence electrons. The van der Waals surface area contributed by atoms with Gasteiger partial charge in [-0.15, -0.1) is 0 Å². The highest BCUT2D eigenvalue weighted by Crippen LogP contribution is 2.45. The van der Waals surface area contributed by atoms with Gasteiger partial charge in [-0.05, 0) is 128 Å². The van der Waals surface area contributed by atoms with E-state index in [9.17, 15) is 5.11 Å². The van der Waals surface area contributed by atoms with Crippen molar-refractivity contribution in [1.82, 2.24) is 14.5 Å². The van der Waals surface area contributed by atoms with Gasteiger partial charge in [0.05, 0.1) is 16.9 Å². The van der Waals surface area contributed by atoms with Crippen molar-refractivity contribution in [2.75, 3.05) is 0 Å². The Balaban J connectivity index is 1.06. The Hall–Kier alpha value is -9.00. The predicted octanol–water partition coefficient (Wildman–Crippen LogP) is 17.1. The number of fused-ring (bicyclic) bond motifs is 4. The fraction of sp³-hybridized carbons (Fsp3) is 0.0625. The monoisotopic (exact) mass is 905 g/mol. The van der Waals surface area contributed by atoms with Gasteiger partial charge in [-0.25, -0.2) is 9.97 Å². The maximum Gasteiger partial charge on any atom is 0.227 e. The van der Waals surface area contributed by atoms with Gasteiger partial charge in [0, 0.05) is 21.9 Å². The van der Waals surface area contributed by atoms with Crippen LogP contribution in [0, 0.1) is 0 Å². The van der Waals surface area contributed by atoms with Crippen LogP contribution in [0.1, 0.15) is 26.3 Å². The summed E-state index contributed by atoms with van der Waals surface area (Å²) in [7, 11) is 0. The fourth-order valence-corrected chi connectivity index (χ4v) is 9.60. The summed E-state index contributed by atoms with van der Waals surface area (Å²) in [5.74, 6) is 1.84. The standard InChI is InChI=1S/C64H47N3O3/c1-64(2,3)48-32-36-58(68)57(40-48)67-56-35-31-46(60-50(43-19-10-5-11-20-43)25-16-26-51(60)44-21-12-6-13-22-44)37-53(56)52-33-34-54(65-62(52)67)47-38-55-61(59(39-47)69-49-23-14-7-15-24-49)70-63(66-55)45-29-27-42(28-30-45)41-17-8-4-9-18-41/h4-40,68H,1-3H3. The number of benzene rings is 9. The first-order valence-electron chi connectivity index (χ1n) is 23.6. The maximum atomic E-state index is 11.8. The first-order chi connectivity index (χ1) is 34.2. The third kappa shape index (κ3) is 7.75. The number of aromatic hydroxyl groups is 1. The van der Waals surface area contributed by atoms with Gasteiger partial charge in [0.1, 0.15) is 22.7 Å². The van der Waals surface area contributed by atoms with Crippen molar-refractivity contribution in [3.05, 3.63) is 230 Å². The van der Waals surface area contributed by atoms with Gasteiger partial charge in [0.25, 0.3) is 0 Å². The minimum atomic E-state index is -0.174. The number of hydrogen-bond donors (Lipinski definition) is 1. The summed E-state index contributed by atoms with van der Waals surface area (Å²) in [6, 6.07) is 76.8. The Bertz CT molecular complexity index is 3820. The van der Waals surface area contributed by atoms with Crippen LogP contribution in [-0.4, -0.2) is 19.6 Å². The van der Waals surface area contributed by atoms with Crippen molar-refractivity contribution in [3.8, 4) is 90.2 Å². The molecule has 3 aromatic heterocycles. The summed E-state index contributed by atoms with van der Waals surface area (Å²) in [4.78, 5) is 10.6. The zero-order valence-corrected chi connectivity index (χ0v) is 39.0. The van der Waals surface area contributed by atoms with E-state index in [0.717, 1.165) is 77.5 Å². The van der Waals surface area contributed by atoms with E-state index in [4.69, 9.17) is 19.1 Å². The Kier molecular flexibility index (Phi) is 10.4. The van der Waals surface area contributed by atoms with E-state index in [1.54, 1.807) is 6.07 Å². The van der Waals surface area contributed by atoms with E-state index in [0.29, 0.717) is 45.5 Å². The summed E-state index contributed by atoms with van der Waals surface area (Å²) >= 11 is 0. The first kappa shape index (κ1) is 42.4. The Morgan fingerprint density at radius 1 is 0.486 bits per heavy atom. The van der Waals surface area contributed by atoms with Crippen molar-refractivity contribution < 1.29 is 14.3 Å². The molecule has 0 spiro atoms. The minimum absolute atomic E-state index is 0.163. The lowest BCUT2D eigenvalue weighted by molar-refractivity contribution is 0.471. The molecule has 0 aliphatic heterocycles. The van der Waals surface area contributed by atoms with Crippen molar-refractivity contribution in [1.29, 1.82) is 0 Å². The van der Waals surface area contributed by atoms with E-state index >= 15 is 0 Å². The molecule has 0 aliphatic rings. The van der Waals surface area contributed by atoms with Gasteiger partial charge >= 0.3 is 0 Å². The molecule has 0 radical (unpaired) electrons. The molecule has 9 aromatic carbocycles. The molecule has 0 aliphatic carbocycles. The molecule has 12 aromatic rings. The summed E-state index contributed by atoms with van der Waals surface area (Å²) in [6.45, 7) is 6.56. The largest absolute Gasteiger partial charge is 0.506 e. The highest BCUT2D eigenvalue weighted by molar-refractivity contribution is 6.11. The number of phenols is 1. The summed E-state index contributed by atoms with van der Waals surface area (Å²) in [5, 5.41) is 13.8. The van der Waals surface area contributed by atoms with Gasteiger partial charge in [-0.1, -0.05) is 172 Å². The number of pyridine rings is 1. The predicted molar refractivity (Wildman–Crippen MR) is 286 cm³/mol. The van der Waals surface area contributed by atoms with Crippen molar-refractivity contribution in [3.63, 3.8) is 0 Å². The summed E-state index contributed by atoms with van der Waals surface area (Å²) in [6.07, 6.45) is 0. The average molecular weight is 906 g/mol. The second kappa shape index (κ2) is 17.3. The molecule has 3 heterocycles. The van der Waals surface area contributed by atoms with Crippen molar-refractivity contribution >= 4 is 33.0 Å². The molecular formula is C64H47N3O3. The van der Waals surface area contributed by atoms with Gasteiger partial charge < -0.3 is 14.3 Å². The molecule has 70 heavy (non-hydrogen) atoms. The molecule has 0 saturated carbocycles. The van der Waals surface area contributed by atoms with Gasteiger partial charge in [-0.2, -0.15) is 0 Å². The molecule has 0 fully saturated rings. The highest BCUT2D eigenvalue weighted by atomic mass is 16.5. The molecule has 12 rings (SSSR count). The van der Waals surface area contributed by atoms with Crippen molar-refractivity contribution in [2.24, 2.45) is 0 Å². The number of phenolic OH excluding ortho intramolecular Hbond substituents is 1. The Labute approximate surface area is 406 Å². The van der Waals surface area contributed by atoms with Crippen LogP contribution in [0.25, 0.3) is 106 Å². The van der Waals surface area contributed by atoms with Crippen LogP contribution in [-0.2, 0) is 5.41 Å². The summed E-state index contributed by atoms with van der Waals surface area (Å²) in [5.41, 5.74) is 15.8. The number of ether oxygens (including phenoxy) is 1. The third-order valence-corrected chi connectivity index (χ3v) is 13.2. The molecule has 0 amide bonds. The molecule has 0 bridgehead atoms. The van der Waals surface area contributed by atoms with Gasteiger partial charge in [-0.3, -0.25) is 4.57 Å². The normalized spacial score (nSPS) is 11.7. The van der Waals surface area contributed by atoms with Crippen LogP contribution in [0.15, 0.2) is 229 Å². The molecule has 0 atom stereocenters. The van der Waals surface area contributed by atoms with E-state index in [1.165, 1.54) is 0 Å². The molecule has 6 heteroatoms. The smallest absolute Gasteiger partial charge is 0.227 e. The molecule has 6 nitrogen and oxygen atoms in total. The summed E-state index contributed by atoms with van der Waals surface area (Å²) < 4.78 is 15.3. The van der Waals surface area contributed by atoms with Crippen LogP contribution in [0.3, 0.4) is 0 Å². The lowest BCUT2D eigenvalue weighted by Gasteiger charge is -2.21. The second-order valence-electron chi connectivity index (χ2n) is 18.7. The molecular weight excluding hydrogens is 859 g/mol. The Morgan fingerprint density at radius 2 is 1.09 bits per heavy atom. The van der Waals surface area contributed by atoms with E-state index in [-0.39, 0.29) is 11.2 Å². The van der Waals surface area contributed by atoms with Crippen molar-refractivity contribution in [2.45, 2.75) is 26.2 Å². The number of nitrogens with zero attached hydrogens (tertiary/aromatic N) is 3. The average Bonchev–Trinajstić information content (AvgIpc) is 3.99. The zero-order valence-electron chi connectivity index (χ0n) is 39.0. The van der Waals surface area contributed by atoms with Crippen LogP contribution >= 0.6 is 0 Å². The maximum absolute atomic E-state index is 11.8. The minimum Gasteiger partial charge on any atom is -0.506 e. The lowest BCUT2D eigenvalue weighted by Crippen LogP contribution is -2.11. The molecule has 0 saturated heterocycles. The zero-order chi connectivity index (χ0) is 47.3. The first-order valence-corrected chi connectivity index (χ1v) is 23.6. The molecule has 0 unspecified atom stereocenters. The van der Waals surface area contributed by atoms with E-state index < -0.39 is 0 Å². The van der Waals surface area contributed by atoms with Gasteiger partial charge in [0.2, 0.25) is 5.89 Å². The SMILES string of the molecule is CC(C)(C)c1ccc(O)c(-n2c3ccc(-c4c(-c5ccccc5)cccc4-c4ccccc4)cc3c3ccc(-c4cc(Oc5ccccc5)c5oc(-c6ccc(-c7ccccc7)cc6)nc5c4)nc32)c1.